The fourth-order valence-electron chi connectivity index (χ4n) is 2.51. The van der Waals surface area contributed by atoms with Crippen molar-refractivity contribution >= 4 is 11.3 Å². The summed E-state index contributed by atoms with van der Waals surface area (Å²) in [6, 6.07) is 0. The molecule has 0 saturated carbocycles. The first-order valence-corrected chi connectivity index (χ1v) is 8.83. The van der Waals surface area contributed by atoms with Gasteiger partial charge in [-0.15, -0.1) is 11.3 Å². The van der Waals surface area contributed by atoms with Gasteiger partial charge in [0.05, 0.1) is 17.3 Å². The summed E-state index contributed by atoms with van der Waals surface area (Å²) in [5.74, 6) is 0. The van der Waals surface area contributed by atoms with E-state index in [0.717, 1.165) is 26.1 Å². The molecule has 0 aliphatic carbocycles. The molecule has 0 amide bonds. The van der Waals surface area contributed by atoms with Crippen molar-refractivity contribution in [3.05, 3.63) is 16.1 Å². The maximum Gasteiger partial charge on any atom is 0.0934 e. The Morgan fingerprint density at radius 3 is 2.52 bits per heavy atom. The van der Waals surface area contributed by atoms with Crippen LogP contribution in [0.5, 0.6) is 0 Å². The quantitative estimate of drug-likeness (QED) is 0.699. The van der Waals surface area contributed by atoms with Crippen LogP contribution in [-0.4, -0.2) is 31.8 Å². The number of nitrogens with one attached hydrogen (secondary N) is 1. The van der Waals surface area contributed by atoms with Gasteiger partial charge in [-0.05, 0) is 11.8 Å². The number of ether oxygens (including phenoxy) is 1. The molecule has 0 aliphatic rings. The third-order valence-corrected chi connectivity index (χ3v) is 4.64. The Bertz CT molecular complexity index is 411. The Morgan fingerprint density at radius 2 is 2.00 bits per heavy atom. The van der Waals surface area contributed by atoms with Gasteiger partial charge in [-0.2, -0.15) is 0 Å². The molecule has 1 aromatic rings. The first kappa shape index (κ1) is 18.6. The van der Waals surface area contributed by atoms with Crippen molar-refractivity contribution in [1.82, 2.24) is 10.3 Å². The van der Waals surface area contributed by atoms with Crippen LogP contribution in [0.25, 0.3) is 0 Å². The average Bonchev–Trinajstić information content (AvgIpc) is 2.83. The lowest BCUT2D eigenvalue weighted by atomic mass is 9.82. The predicted molar refractivity (Wildman–Crippen MR) is 92.3 cm³/mol. The van der Waals surface area contributed by atoms with Crippen LogP contribution in [0.15, 0.2) is 5.38 Å². The maximum atomic E-state index is 5.10. The molecule has 122 valence electrons. The van der Waals surface area contributed by atoms with Crippen LogP contribution in [0.1, 0.15) is 58.2 Å². The Balaban J connectivity index is 2.66. The van der Waals surface area contributed by atoms with Crippen LogP contribution in [0.2, 0.25) is 0 Å². The van der Waals surface area contributed by atoms with Crippen molar-refractivity contribution in [3.63, 3.8) is 0 Å². The number of nitrogens with zero attached hydrogens (tertiary/aromatic N) is 1. The number of thiazole rings is 1. The minimum atomic E-state index is 0.145. The van der Waals surface area contributed by atoms with E-state index in [1.807, 2.05) is 11.3 Å². The normalized spacial score (nSPS) is 15.1. The van der Waals surface area contributed by atoms with Gasteiger partial charge in [-0.3, -0.25) is 0 Å². The molecule has 0 spiro atoms. The number of aromatic nitrogens is 1. The number of rotatable bonds is 9. The second kappa shape index (κ2) is 8.25. The molecule has 3 nitrogen and oxygen atoms in total. The average molecular weight is 313 g/mol. The van der Waals surface area contributed by atoms with E-state index in [2.05, 4.69) is 45.3 Å². The topological polar surface area (TPSA) is 34.1 Å². The van der Waals surface area contributed by atoms with Crippen molar-refractivity contribution in [1.29, 1.82) is 0 Å². The highest BCUT2D eigenvalue weighted by Gasteiger charge is 2.26. The van der Waals surface area contributed by atoms with Crippen LogP contribution in [0.4, 0.5) is 0 Å². The summed E-state index contributed by atoms with van der Waals surface area (Å²) in [7, 11) is 1.75. The van der Waals surface area contributed by atoms with E-state index in [4.69, 9.17) is 9.72 Å². The first-order valence-electron chi connectivity index (χ1n) is 7.95. The Kier molecular flexibility index (Phi) is 7.31. The van der Waals surface area contributed by atoms with E-state index in [-0.39, 0.29) is 10.8 Å². The molecule has 0 saturated heterocycles. The van der Waals surface area contributed by atoms with Gasteiger partial charge >= 0.3 is 0 Å². The molecular weight excluding hydrogens is 280 g/mol. The number of hydrogen-bond donors (Lipinski definition) is 1. The van der Waals surface area contributed by atoms with E-state index >= 15 is 0 Å². The minimum absolute atomic E-state index is 0.145. The fraction of sp³-hybridized carbons (Fsp3) is 0.824. The molecule has 21 heavy (non-hydrogen) atoms. The van der Waals surface area contributed by atoms with Gasteiger partial charge in [0.2, 0.25) is 0 Å². The third-order valence-electron chi connectivity index (χ3n) is 3.79. The van der Waals surface area contributed by atoms with Gasteiger partial charge in [-0.1, -0.05) is 41.0 Å². The summed E-state index contributed by atoms with van der Waals surface area (Å²) in [5, 5.41) is 7.01. The Morgan fingerprint density at radius 1 is 1.29 bits per heavy atom. The van der Waals surface area contributed by atoms with Crippen molar-refractivity contribution in [2.45, 2.75) is 59.3 Å². The van der Waals surface area contributed by atoms with Gasteiger partial charge in [0.25, 0.3) is 0 Å². The van der Waals surface area contributed by atoms with Gasteiger partial charge in [0.1, 0.15) is 0 Å². The lowest BCUT2D eigenvalue weighted by Gasteiger charge is -2.29. The highest BCUT2D eigenvalue weighted by molar-refractivity contribution is 7.09. The monoisotopic (exact) mass is 312 g/mol. The second-order valence-corrected chi connectivity index (χ2v) is 8.23. The zero-order valence-electron chi connectivity index (χ0n) is 14.6. The summed E-state index contributed by atoms with van der Waals surface area (Å²) in [5.41, 5.74) is 1.64. The highest BCUT2D eigenvalue weighted by Crippen LogP contribution is 2.31. The summed E-state index contributed by atoms with van der Waals surface area (Å²) >= 11 is 1.81. The number of methoxy groups -OCH3 is 1. The highest BCUT2D eigenvalue weighted by atomic mass is 32.1. The molecule has 0 fully saturated rings. The summed E-state index contributed by atoms with van der Waals surface area (Å²) in [4.78, 5) is 4.86. The van der Waals surface area contributed by atoms with Crippen LogP contribution in [0.3, 0.4) is 0 Å². The molecule has 1 aromatic heterocycles. The molecule has 1 rings (SSSR count). The van der Waals surface area contributed by atoms with Crippen molar-refractivity contribution in [2.24, 2.45) is 5.41 Å². The second-order valence-electron chi connectivity index (χ2n) is 7.28. The molecule has 1 heterocycles. The number of hydrogen-bond acceptors (Lipinski definition) is 4. The third kappa shape index (κ3) is 6.45. The van der Waals surface area contributed by atoms with Gasteiger partial charge in [0, 0.05) is 37.4 Å². The standard InChI is InChI=1S/C17H32N2OS/c1-7-8-17(5,13-18-9-10-20-6)11-15-19-14(12-21-15)16(2,3)4/h12,18H,7-11,13H2,1-6H3. The molecule has 4 heteroatoms. The zero-order valence-corrected chi connectivity index (χ0v) is 15.4. The van der Waals surface area contributed by atoms with E-state index in [1.54, 1.807) is 7.11 Å². The van der Waals surface area contributed by atoms with Crippen molar-refractivity contribution < 1.29 is 4.74 Å². The molecule has 1 N–H and O–H groups in total. The van der Waals surface area contributed by atoms with Crippen LogP contribution in [0, 0.1) is 5.41 Å². The fourth-order valence-corrected chi connectivity index (χ4v) is 3.75. The Labute approximate surface area is 134 Å². The predicted octanol–water partition coefficient (Wildman–Crippen LogP) is 4.03. The SMILES string of the molecule is CCCC(C)(CNCCOC)Cc1nc(C(C)(C)C)cs1. The zero-order chi connectivity index (χ0) is 15.9. The van der Waals surface area contributed by atoms with Crippen LogP contribution >= 0.6 is 11.3 Å². The lowest BCUT2D eigenvalue weighted by Crippen LogP contribution is -2.35. The summed E-state index contributed by atoms with van der Waals surface area (Å²) < 4.78 is 5.10. The Hall–Kier alpha value is -0.450. The van der Waals surface area contributed by atoms with Gasteiger partial charge < -0.3 is 10.1 Å². The van der Waals surface area contributed by atoms with E-state index in [9.17, 15) is 0 Å². The van der Waals surface area contributed by atoms with Crippen LogP contribution in [-0.2, 0) is 16.6 Å². The lowest BCUT2D eigenvalue weighted by molar-refractivity contribution is 0.190. The van der Waals surface area contributed by atoms with E-state index in [0.29, 0.717) is 0 Å². The van der Waals surface area contributed by atoms with Crippen molar-refractivity contribution in [3.8, 4) is 0 Å². The van der Waals surface area contributed by atoms with E-state index in [1.165, 1.54) is 23.5 Å². The molecule has 0 aromatic carbocycles. The van der Waals surface area contributed by atoms with Crippen molar-refractivity contribution in [2.75, 3.05) is 26.8 Å². The summed E-state index contributed by atoms with van der Waals surface area (Å²) in [6.07, 6.45) is 3.49. The molecular formula is C17H32N2OS. The molecule has 0 aliphatic heterocycles. The molecule has 1 atom stereocenters. The summed E-state index contributed by atoms with van der Waals surface area (Å²) in [6.45, 7) is 14.0. The molecule has 0 radical (unpaired) electrons. The largest absolute Gasteiger partial charge is 0.383 e. The minimum Gasteiger partial charge on any atom is -0.383 e. The smallest absolute Gasteiger partial charge is 0.0934 e. The van der Waals surface area contributed by atoms with Crippen LogP contribution < -0.4 is 5.32 Å². The van der Waals surface area contributed by atoms with E-state index < -0.39 is 0 Å². The van der Waals surface area contributed by atoms with Gasteiger partial charge in [0.15, 0.2) is 0 Å². The maximum absolute atomic E-state index is 5.10. The first-order chi connectivity index (χ1) is 9.80. The van der Waals surface area contributed by atoms with Gasteiger partial charge in [-0.25, -0.2) is 4.98 Å². The molecule has 0 bridgehead atoms. The molecule has 1 unspecified atom stereocenters.